The van der Waals surface area contributed by atoms with Crippen LogP contribution in [0.2, 0.25) is 0 Å². The first-order chi connectivity index (χ1) is 9.08. The Kier molecular flexibility index (Phi) is 4.42. The van der Waals surface area contributed by atoms with Crippen molar-refractivity contribution in [1.29, 1.82) is 0 Å². The summed E-state index contributed by atoms with van der Waals surface area (Å²) >= 11 is 3.28. The molecule has 1 aromatic carbocycles. The van der Waals surface area contributed by atoms with E-state index in [0.29, 0.717) is 34.7 Å². The molecule has 102 valence electrons. The first-order valence-electron chi connectivity index (χ1n) is 6.19. The van der Waals surface area contributed by atoms with Crippen LogP contribution >= 0.6 is 15.9 Å². The maximum Gasteiger partial charge on any atom is 0.252 e. The standard InChI is InChI=1S/C13H16BrN3O2/c14-12-9(2-1-3-10(12)15)13(19)16-7-6-11(18)17-8-4-5-8/h1-3,8H,4-7,15H2,(H,16,19)(H,17,18). The van der Waals surface area contributed by atoms with E-state index < -0.39 is 0 Å². The summed E-state index contributed by atoms with van der Waals surface area (Å²) in [6.07, 6.45) is 2.42. The SMILES string of the molecule is Nc1cccc(C(=O)NCCC(=O)NC2CC2)c1Br. The zero-order chi connectivity index (χ0) is 13.8. The summed E-state index contributed by atoms with van der Waals surface area (Å²) < 4.78 is 0.579. The summed E-state index contributed by atoms with van der Waals surface area (Å²) in [5.74, 6) is -0.257. The van der Waals surface area contributed by atoms with Gasteiger partial charge in [-0.2, -0.15) is 0 Å². The highest BCUT2D eigenvalue weighted by atomic mass is 79.9. The maximum absolute atomic E-state index is 11.9. The average Bonchev–Trinajstić information content (AvgIpc) is 3.16. The molecule has 0 radical (unpaired) electrons. The minimum atomic E-state index is -0.238. The topological polar surface area (TPSA) is 84.2 Å². The second kappa shape index (κ2) is 6.06. The van der Waals surface area contributed by atoms with Crippen LogP contribution in [0.5, 0.6) is 0 Å². The quantitative estimate of drug-likeness (QED) is 0.716. The number of carbonyl (C=O) groups is 2. The second-order valence-electron chi connectivity index (χ2n) is 4.56. The number of benzene rings is 1. The molecule has 1 aromatic rings. The van der Waals surface area contributed by atoms with Crippen molar-refractivity contribution in [3.05, 3.63) is 28.2 Å². The Morgan fingerprint density at radius 3 is 2.79 bits per heavy atom. The van der Waals surface area contributed by atoms with E-state index in [1.54, 1.807) is 18.2 Å². The normalized spacial score (nSPS) is 13.9. The van der Waals surface area contributed by atoms with E-state index in [2.05, 4.69) is 26.6 Å². The number of halogens is 1. The molecule has 0 unspecified atom stereocenters. The Labute approximate surface area is 120 Å². The molecule has 0 bridgehead atoms. The Hall–Kier alpha value is -1.56. The molecule has 19 heavy (non-hydrogen) atoms. The van der Waals surface area contributed by atoms with Gasteiger partial charge in [0.2, 0.25) is 5.91 Å². The first-order valence-corrected chi connectivity index (χ1v) is 6.99. The summed E-state index contributed by atoms with van der Waals surface area (Å²) in [6, 6.07) is 5.46. The van der Waals surface area contributed by atoms with Crippen LogP contribution in [0.3, 0.4) is 0 Å². The lowest BCUT2D eigenvalue weighted by Crippen LogP contribution is -2.31. The van der Waals surface area contributed by atoms with Gasteiger partial charge in [0.1, 0.15) is 0 Å². The minimum Gasteiger partial charge on any atom is -0.398 e. The van der Waals surface area contributed by atoms with Crippen molar-refractivity contribution in [2.75, 3.05) is 12.3 Å². The molecule has 2 rings (SSSR count). The van der Waals surface area contributed by atoms with Gasteiger partial charge in [0.25, 0.3) is 5.91 Å². The van der Waals surface area contributed by atoms with E-state index in [1.165, 1.54) is 0 Å². The number of nitrogens with one attached hydrogen (secondary N) is 2. The lowest BCUT2D eigenvalue weighted by Gasteiger charge is -2.08. The van der Waals surface area contributed by atoms with Gasteiger partial charge in [0.05, 0.1) is 10.0 Å². The Morgan fingerprint density at radius 2 is 2.11 bits per heavy atom. The second-order valence-corrected chi connectivity index (χ2v) is 5.35. The molecule has 0 aromatic heterocycles. The molecule has 1 fully saturated rings. The lowest BCUT2D eigenvalue weighted by atomic mass is 10.2. The monoisotopic (exact) mass is 325 g/mol. The van der Waals surface area contributed by atoms with Crippen molar-refractivity contribution in [2.24, 2.45) is 0 Å². The predicted molar refractivity (Wildman–Crippen MR) is 76.7 cm³/mol. The molecule has 0 saturated heterocycles. The van der Waals surface area contributed by atoms with Crippen LogP contribution in [0, 0.1) is 0 Å². The molecular formula is C13H16BrN3O2. The summed E-state index contributed by atoms with van der Waals surface area (Å²) in [5.41, 5.74) is 6.69. The molecule has 0 aliphatic heterocycles. The number of hydrogen-bond acceptors (Lipinski definition) is 3. The third kappa shape index (κ3) is 3.96. The molecule has 0 spiro atoms. The van der Waals surface area contributed by atoms with Crippen molar-refractivity contribution in [2.45, 2.75) is 25.3 Å². The van der Waals surface area contributed by atoms with Crippen LogP contribution in [0.4, 0.5) is 5.69 Å². The fraction of sp³-hybridized carbons (Fsp3) is 0.385. The van der Waals surface area contributed by atoms with Crippen molar-refractivity contribution in [3.63, 3.8) is 0 Å². The number of rotatable bonds is 5. The van der Waals surface area contributed by atoms with Crippen molar-refractivity contribution >= 4 is 33.4 Å². The zero-order valence-corrected chi connectivity index (χ0v) is 12.0. The first kappa shape index (κ1) is 13.9. The largest absolute Gasteiger partial charge is 0.398 e. The van der Waals surface area contributed by atoms with Gasteiger partial charge in [0, 0.05) is 24.7 Å². The summed E-state index contributed by atoms with van der Waals surface area (Å²) in [7, 11) is 0. The van der Waals surface area contributed by atoms with Gasteiger partial charge in [-0.25, -0.2) is 0 Å². The minimum absolute atomic E-state index is 0.0190. The Bertz CT molecular complexity index is 501. The van der Waals surface area contributed by atoms with Crippen LogP contribution in [0.1, 0.15) is 29.6 Å². The molecule has 1 aliphatic carbocycles. The highest BCUT2D eigenvalue weighted by molar-refractivity contribution is 9.10. The van der Waals surface area contributed by atoms with Crippen LogP contribution in [0.15, 0.2) is 22.7 Å². The van der Waals surface area contributed by atoms with Crippen molar-refractivity contribution < 1.29 is 9.59 Å². The van der Waals surface area contributed by atoms with E-state index in [0.717, 1.165) is 12.8 Å². The molecule has 5 nitrogen and oxygen atoms in total. The molecule has 0 heterocycles. The van der Waals surface area contributed by atoms with Gasteiger partial charge < -0.3 is 16.4 Å². The Balaban J connectivity index is 1.80. The fourth-order valence-corrected chi connectivity index (χ4v) is 2.08. The number of amides is 2. The van der Waals surface area contributed by atoms with Gasteiger partial charge in [-0.15, -0.1) is 0 Å². The van der Waals surface area contributed by atoms with Crippen LogP contribution in [-0.4, -0.2) is 24.4 Å². The molecule has 1 aliphatic rings. The summed E-state index contributed by atoms with van der Waals surface area (Å²) in [4.78, 5) is 23.3. The van der Waals surface area contributed by atoms with Crippen molar-refractivity contribution in [1.82, 2.24) is 10.6 Å². The average molecular weight is 326 g/mol. The molecule has 0 atom stereocenters. The van der Waals surface area contributed by atoms with Crippen molar-refractivity contribution in [3.8, 4) is 0 Å². The lowest BCUT2D eigenvalue weighted by molar-refractivity contribution is -0.121. The fourth-order valence-electron chi connectivity index (χ4n) is 1.64. The highest BCUT2D eigenvalue weighted by Crippen LogP contribution is 2.23. The smallest absolute Gasteiger partial charge is 0.252 e. The van der Waals surface area contributed by atoms with E-state index in [4.69, 9.17) is 5.73 Å². The summed E-state index contributed by atoms with van der Waals surface area (Å²) in [6.45, 7) is 0.318. The predicted octanol–water partition coefficient (Wildman–Crippen LogP) is 1.43. The zero-order valence-electron chi connectivity index (χ0n) is 10.4. The third-order valence-electron chi connectivity index (χ3n) is 2.85. The van der Waals surface area contributed by atoms with Crippen LogP contribution in [-0.2, 0) is 4.79 Å². The van der Waals surface area contributed by atoms with Gasteiger partial charge >= 0.3 is 0 Å². The highest BCUT2D eigenvalue weighted by Gasteiger charge is 2.22. The van der Waals surface area contributed by atoms with Gasteiger partial charge in [0.15, 0.2) is 0 Å². The molecule has 1 saturated carbocycles. The van der Waals surface area contributed by atoms with Gasteiger partial charge in [-0.3, -0.25) is 9.59 Å². The van der Waals surface area contributed by atoms with E-state index in [-0.39, 0.29) is 11.8 Å². The van der Waals surface area contributed by atoms with E-state index >= 15 is 0 Å². The summed E-state index contributed by atoms with van der Waals surface area (Å²) in [5, 5.41) is 5.57. The Morgan fingerprint density at radius 1 is 1.37 bits per heavy atom. The van der Waals surface area contributed by atoms with Gasteiger partial charge in [-0.1, -0.05) is 6.07 Å². The van der Waals surface area contributed by atoms with Gasteiger partial charge in [-0.05, 0) is 40.9 Å². The molecular weight excluding hydrogens is 310 g/mol. The third-order valence-corrected chi connectivity index (χ3v) is 3.74. The number of carbonyl (C=O) groups excluding carboxylic acids is 2. The van der Waals surface area contributed by atoms with E-state index in [1.807, 2.05) is 0 Å². The molecule has 6 heteroatoms. The molecule has 4 N–H and O–H groups in total. The number of nitrogen functional groups attached to an aromatic ring is 1. The number of nitrogens with two attached hydrogens (primary N) is 1. The van der Waals surface area contributed by atoms with E-state index in [9.17, 15) is 9.59 Å². The van der Waals surface area contributed by atoms with Crippen LogP contribution in [0.25, 0.3) is 0 Å². The number of hydrogen-bond donors (Lipinski definition) is 3. The van der Waals surface area contributed by atoms with Crippen LogP contribution < -0.4 is 16.4 Å². The maximum atomic E-state index is 11.9. The number of anilines is 1. The molecule has 2 amide bonds.